The van der Waals surface area contributed by atoms with Gasteiger partial charge in [-0.25, -0.2) is 0 Å². The maximum absolute atomic E-state index is 10.8. The van der Waals surface area contributed by atoms with E-state index in [2.05, 4.69) is 15.5 Å². The third kappa shape index (κ3) is 2.08. The van der Waals surface area contributed by atoms with Crippen molar-refractivity contribution in [3.8, 4) is 0 Å². The Hall–Kier alpha value is -1.69. The minimum absolute atomic E-state index is 0.142. The lowest BCUT2D eigenvalue weighted by molar-refractivity contribution is -0.0511. The molecule has 92 valence electrons. The highest BCUT2D eigenvalue weighted by Gasteiger charge is 2.47. The first-order chi connectivity index (χ1) is 7.91. The first-order valence-electron chi connectivity index (χ1n) is 5.49. The monoisotopic (exact) mass is 236 g/mol. The van der Waals surface area contributed by atoms with Gasteiger partial charge in [0.2, 0.25) is 0 Å². The third-order valence-electron chi connectivity index (χ3n) is 3.46. The first-order valence-corrected chi connectivity index (χ1v) is 5.49. The number of aliphatic hydroxyl groups is 1. The lowest BCUT2D eigenvalue weighted by Crippen LogP contribution is -2.57. The number of anilines is 1. The molecule has 0 aromatic carbocycles. The number of hydrogen-bond acceptors (Lipinski definition) is 5. The molecule has 1 heterocycles. The van der Waals surface area contributed by atoms with Gasteiger partial charge in [-0.1, -0.05) is 13.8 Å². The topological polar surface area (TPSA) is 101 Å². The fraction of sp³-hybridized carbons (Fsp3) is 0.545. The van der Waals surface area contributed by atoms with Gasteiger partial charge in [0, 0.05) is 11.5 Å². The Morgan fingerprint density at radius 2 is 2.24 bits per heavy atom. The molecule has 1 saturated carbocycles. The van der Waals surface area contributed by atoms with Crippen LogP contribution in [0.5, 0.6) is 0 Å². The molecule has 4 N–H and O–H groups in total. The van der Waals surface area contributed by atoms with Crippen molar-refractivity contribution in [2.75, 3.05) is 5.32 Å². The molecule has 0 bridgehead atoms. The zero-order valence-corrected chi connectivity index (χ0v) is 9.84. The van der Waals surface area contributed by atoms with Crippen LogP contribution in [0.25, 0.3) is 0 Å². The molecule has 2 unspecified atom stereocenters. The summed E-state index contributed by atoms with van der Waals surface area (Å²) < 4.78 is 0. The van der Waals surface area contributed by atoms with Gasteiger partial charge in [-0.3, -0.25) is 4.79 Å². The normalized spacial score (nSPS) is 26.1. The molecule has 6 nitrogen and oxygen atoms in total. The average Bonchev–Trinajstić information content (AvgIpc) is 2.29. The van der Waals surface area contributed by atoms with E-state index in [4.69, 9.17) is 5.73 Å². The summed E-state index contributed by atoms with van der Waals surface area (Å²) in [4.78, 5) is 10.8. The highest BCUT2D eigenvalue weighted by molar-refractivity contribution is 5.90. The number of nitrogens with one attached hydrogen (secondary N) is 1. The van der Waals surface area contributed by atoms with Crippen LogP contribution in [0, 0.1) is 5.41 Å². The Morgan fingerprint density at radius 1 is 1.53 bits per heavy atom. The Balaban J connectivity index is 2.03. The molecule has 0 radical (unpaired) electrons. The van der Waals surface area contributed by atoms with E-state index < -0.39 is 5.91 Å². The molecule has 1 fully saturated rings. The van der Waals surface area contributed by atoms with Crippen molar-refractivity contribution in [1.29, 1.82) is 0 Å². The van der Waals surface area contributed by atoms with E-state index >= 15 is 0 Å². The van der Waals surface area contributed by atoms with Gasteiger partial charge >= 0.3 is 0 Å². The number of aliphatic hydroxyl groups excluding tert-OH is 1. The molecule has 1 aromatic heterocycles. The summed E-state index contributed by atoms with van der Waals surface area (Å²) >= 11 is 0. The van der Waals surface area contributed by atoms with Crippen LogP contribution in [0.15, 0.2) is 12.1 Å². The zero-order chi connectivity index (χ0) is 12.6. The first kappa shape index (κ1) is 11.8. The maximum Gasteiger partial charge on any atom is 0.269 e. The van der Waals surface area contributed by atoms with Gasteiger partial charge in [0.05, 0.1) is 6.10 Å². The standard InChI is InChI=1S/C11H16N4O2/c1-11(2)7(5-8(11)16)13-9-4-3-6(10(12)17)14-15-9/h3-4,7-8,16H,5H2,1-2H3,(H2,12,17)(H,13,15). The van der Waals surface area contributed by atoms with Crippen molar-refractivity contribution < 1.29 is 9.90 Å². The van der Waals surface area contributed by atoms with Gasteiger partial charge in [0.15, 0.2) is 5.69 Å². The van der Waals surface area contributed by atoms with Crippen LogP contribution in [0.4, 0.5) is 5.82 Å². The van der Waals surface area contributed by atoms with Crippen molar-refractivity contribution >= 4 is 11.7 Å². The highest BCUT2D eigenvalue weighted by atomic mass is 16.3. The number of amides is 1. The molecule has 2 atom stereocenters. The highest BCUT2D eigenvalue weighted by Crippen LogP contribution is 2.41. The molecule has 1 aliphatic rings. The molecular weight excluding hydrogens is 220 g/mol. The van der Waals surface area contributed by atoms with Gasteiger partial charge < -0.3 is 16.2 Å². The second-order valence-corrected chi connectivity index (χ2v) is 4.94. The third-order valence-corrected chi connectivity index (χ3v) is 3.46. The number of nitrogens with two attached hydrogens (primary N) is 1. The lowest BCUT2D eigenvalue weighted by Gasteiger charge is -2.49. The van der Waals surface area contributed by atoms with Crippen LogP contribution in [-0.2, 0) is 0 Å². The van der Waals surface area contributed by atoms with Crippen LogP contribution in [0.1, 0.15) is 30.8 Å². The predicted molar refractivity (Wildman–Crippen MR) is 62.4 cm³/mol. The molecule has 17 heavy (non-hydrogen) atoms. The number of nitrogens with zero attached hydrogens (tertiary/aromatic N) is 2. The average molecular weight is 236 g/mol. The van der Waals surface area contributed by atoms with E-state index in [9.17, 15) is 9.90 Å². The van der Waals surface area contributed by atoms with Crippen LogP contribution < -0.4 is 11.1 Å². The number of rotatable bonds is 3. The molecular formula is C11H16N4O2. The molecule has 1 aliphatic carbocycles. The Labute approximate surface area is 99.2 Å². The van der Waals surface area contributed by atoms with Crippen LogP contribution >= 0.6 is 0 Å². The molecule has 0 spiro atoms. The van der Waals surface area contributed by atoms with Crippen molar-refractivity contribution in [2.45, 2.75) is 32.4 Å². The van der Waals surface area contributed by atoms with Gasteiger partial charge in [-0.15, -0.1) is 10.2 Å². The summed E-state index contributed by atoms with van der Waals surface area (Å²) in [7, 11) is 0. The molecule has 2 rings (SSSR count). The van der Waals surface area contributed by atoms with E-state index in [-0.39, 0.29) is 23.3 Å². The summed E-state index contributed by atoms with van der Waals surface area (Å²) in [6, 6.07) is 3.35. The van der Waals surface area contributed by atoms with E-state index in [1.54, 1.807) is 6.07 Å². The second-order valence-electron chi connectivity index (χ2n) is 4.94. The Morgan fingerprint density at radius 3 is 2.65 bits per heavy atom. The van der Waals surface area contributed by atoms with Gasteiger partial charge in [-0.05, 0) is 18.6 Å². The lowest BCUT2D eigenvalue weighted by atomic mass is 9.64. The van der Waals surface area contributed by atoms with Crippen molar-refractivity contribution in [2.24, 2.45) is 11.1 Å². The summed E-state index contributed by atoms with van der Waals surface area (Å²) in [6.45, 7) is 3.98. The largest absolute Gasteiger partial charge is 0.392 e. The Kier molecular flexibility index (Phi) is 2.74. The van der Waals surface area contributed by atoms with Gasteiger partial charge in [0.25, 0.3) is 5.91 Å². The van der Waals surface area contributed by atoms with Crippen LogP contribution in [-0.4, -0.2) is 33.4 Å². The van der Waals surface area contributed by atoms with Gasteiger partial charge in [-0.2, -0.15) is 0 Å². The summed E-state index contributed by atoms with van der Waals surface area (Å²) in [6.07, 6.45) is 0.393. The smallest absolute Gasteiger partial charge is 0.269 e. The summed E-state index contributed by atoms with van der Waals surface area (Å²) in [5.41, 5.74) is 5.03. The minimum Gasteiger partial charge on any atom is -0.392 e. The quantitative estimate of drug-likeness (QED) is 0.693. The van der Waals surface area contributed by atoms with Crippen LogP contribution in [0.2, 0.25) is 0 Å². The number of carbonyl (C=O) groups is 1. The van der Waals surface area contributed by atoms with E-state index in [1.165, 1.54) is 6.07 Å². The minimum atomic E-state index is -0.594. The SMILES string of the molecule is CC1(C)C(O)CC1Nc1ccc(C(N)=O)nn1. The molecule has 0 saturated heterocycles. The molecule has 1 amide bonds. The molecule has 1 aromatic rings. The van der Waals surface area contributed by atoms with E-state index in [1.807, 2.05) is 13.8 Å². The van der Waals surface area contributed by atoms with E-state index in [0.717, 1.165) is 0 Å². The summed E-state index contributed by atoms with van der Waals surface area (Å²) in [5.74, 6) is -0.0107. The summed E-state index contributed by atoms with van der Waals surface area (Å²) in [5, 5.41) is 20.4. The van der Waals surface area contributed by atoms with Crippen molar-refractivity contribution in [3.05, 3.63) is 17.8 Å². The fourth-order valence-electron chi connectivity index (χ4n) is 1.87. The van der Waals surface area contributed by atoms with Gasteiger partial charge in [0.1, 0.15) is 5.82 Å². The Bertz CT molecular complexity index is 430. The second kappa shape index (κ2) is 3.96. The maximum atomic E-state index is 10.8. The van der Waals surface area contributed by atoms with Crippen molar-refractivity contribution in [3.63, 3.8) is 0 Å². The number of hydrogen-bond donors (Lipinski definition) is 3. The zero-order valence-electron chi connectivity index (χ0n) is 9.84. The fourth-order valence-corrected chi connectivity index (χ4v) is 1.87. The van der Waals surface area contributed by atoms with Crippen LogP contribution in [0.3, 0.4) is 0 Å². The number of primary amides is 1. The van der Waals surface area contributed by atoms with Crippen molar-refractivity contribution in [1.82, 2.24) is 10.2 Å². The number of carbonyl (C=O) groups excluding carboxylic acids is 1. The molecule has 0 aliphatic heterocycles. The predicted octanol–water partition coefficient (Wildman–Crippen LogP) is 0.147. The van der Waals surface area contributed by atoms with E-state index in [0.29, 0.717) is 12.2 Å². The molecule has 6 heteroatoms. The number of aromatic nitrogens is 2.